The average Bonchev–Trinajstić information content (AvgIpc) is 2.36. The smallest absolute Gasteiger partial charge is 0.329 e. The van der Waals surface area contributed by atoms with Gasteiger partial charge >= 0.3 is 9.28 Å². The SMILES string of the molecule is CCCC(c1cccc(Br)c1)[SiH](OCC)OCC. The van der Waals surface area contributed by atoms with Gasteiger partial charge in [-0.1, -0.05) is 41.4 Å². The van der Waals surface area contributed by atoms with Crippen molar-refractivity contribution < 1.29 is 8.85 Å². The lowest BCUT2D eigenvalue weighted by molar-refractivity contribution is 0.203. The summed E-state index contributed by atoms with van der Waals surface area (Å²) in [5.41, 5.74) is 1.78. The van der Waals surface area contributed by atoms with E-state index in [2.05, 4.69) is 47.1 Å². The lowest BCUT2D eigenvalue weighted by Gasteiger charge is -2.25. The molecule has 0 radical (unpaired) electrons. The summed E-state index contributed by atoms with van der Waals surface area (Å²) < 4.78 is 12.9. The van der Waals surface area contributed by atoms with Gasteiger partial charge in [-0.25, -0.2) is 0 Å². The second kappa shape index (κ2) is 8.86. The number of benzene rings is 1. The van der Waals surface area contributed by atoms with Gasteiger partial charge in [-0.3, -0.25) is 0 Å². The first-order valence-corrected chi connectivity index (χ1v) is 9.11. The van der Waals surface area contributed by atoms with Crippen LogP contribution < -0.4 is 0 Å². The topological polar surface area (TPSA) is 18.5 Å². The molecule has 1 atom stereocenters. The van der Waals surface area contributed by atoms with Crippen molar-refractivity contribution in [2.75, 3.05) is 13.2 Å². The van der Waals surface area contributed by atoms with Crippen molar-refractivity contribution in [1.82, 2.24) is 0 Å². The molecule has 0 spiro atoms. The lowest BCUT2D eigenvalue weighted by Crippen LogP contribution is -2.31. The maximum absolute atomic E-state index is 5.89. The molecule has 1 unspecified atom stereocenters. The van der Waals surface area contributed by atoms with Gasteiger partial charge in [0.2, 0.25) is 0 Å². The Morgan fingerprint density at radius 1 is 1.17 bits per heavy atom. The highest BCUT2D eigenvalue weighted by molar-refractivity contribution is 9.10. The van der Waals surface area contributed by atoms with Crippen LogP contribution in [0.4, 0.5) is 0 Å². The first kappa shape index (κ1) is 15.9. The van der Waals surface area contributed by atoms with E-state index in [1.165, 1.54) is 5.56 Å². The molecule has 0 aliphatic rings. The summed E-state index contributed by atoms with van der Waals surface area (Å²) in [6, 6.07) is 8.53. The van der Waals surface area contributed by atoms with Gasteiger partial charge in [-0.05, 0) is 38.0 Å². The van der Waals surface area contributed by atoms with E-state index in [1.54, 1.807) is 0 Å². The molecule has 4 heteroatoms. The highest BCUT2D eigenvalue weighted by Crippen LogP contribution is 2.27. The molecule has 0 saturated carbocycles. The van der Waals surface area contributed by atoms with Crippen molar-refractivity contribution in [3.63, 3.8) is 0 Å². The van der Waals surface area contributed by atoms with Crippen LogP contribution >= 0.6 is 15.9 Å². The third-order valence-electron chi connectivity index (χ3n) is 2.87. The van der Waals surface area contributed by atoms with Gasteiger partial charge in [-0.15, -0.1) is 0 Å². The minimum Gasteiger partial charge on any atom is -0.396 e. The highest BCUT2D eigenvalue weighted by atomic mass is 79.9. The molecule has 0 N–H and O–H groups in total. The van der Waals surface area contributed by atoms with E-state index in [0.717, 1.165) is 30.5 Å². The molecule has 1 aromatic carbocycles. The van der Waals surface area contributed by atoms with E-state index < -0.39 is 9.28 Å². The zero-order chi connectivity index (χ0) is 13.4. The van der Waals surface area contributed by atoms with Crippen LogP contribution in [0, 0.1) is 0 Å². The molecule has 2 nitrogen and oxygen atoms in total. The Morgan fingerprint density at radius 2 is 1.83 bits per heavy atom. The molecule has 0 aliphatic carbocycles. The summed E-state index contributed by atoms with van der Waals surface area (Å²) in [5, 5.41) is 0. The van der Waals surface area contributed by atoms with E-state index in [4.69, 9.17) is 8.85 Å². The van der Waals surface area contributed by atoms with Crippen LogP contribution in [0.5, 0.6) is 0 Å². The molecular formula is C14H23BrO2Si. The maximum atomic E-state index is 5.89. The van der Waals surface area contributed by atoms with Crippen molar-refractivity contribution in [2.24, 2.45) is 0 Å². The highest BCUT2D eigenvalue weighted by Gasteiger charge is 2.26. The first-order chi connectivity index (χ1) is 8.72. The Hall–Kier alpha value is -0.163. The Labute approximate surface area is 121 Å². The van der Waals surface area contributed by atoms with Gasteiger partial charge in [0, 0.05) is 23.2 Å². The molecule has 0 fully saturated rings. The van der Waals surface area contributed by atoms with E-state index in [-0.39, 0.29) is 0 Å². The fourth-order valence-electron chi connectivity index (χ4n) is 2.12. The van der Waals surface area contributed by atoms with E-state index >= 15 is 0 Å². The van der Waals surface area contributed by atoms with E-state index in [0.29, 0.717) is 5.54 Å². The molecule has 0 aliphatic heterocycles. The largest absolute Gasteiger partial charge is 0.396 e. The van der Waals surface area contributed by atoms with Crippen LogP contribution in [0.2, 0.25) is 0 Å². The standard InChI is InChI=1S/C14H23BrO2Si/c1-4-8-14(18(16-5-2)17-6-3)12-9-7-10-13(15)11-12/h7,9-11,14,18H,4-6,8H2,1-3H3. The average molecular weight is 331 g/mol. The fraction of sp³-hybridized carbons (Fsp3) is 0.571. The van der Waals surface area contributed by atoms with Gasteiger partial charge in [0.1, 0.15) is 0 Å². The quantitative estimate of drug-likeness (QED) is 0.666. The summed E-state index contributed by atoms with van der Waals surface area (Å²) >= 11 is 3.54. The Balaban J connectivity index is 2.91. The van der Waals surface area contributed by atoms with Crippen LogP contribution in [0.15, 0.2) is 28.7 Å². The van der Waals surface area contributed by atoms with Crippen molar-refractivity contribution in [1.29, 1.82) is 0 Å². The molecule has 0 bridgehead atoms. The number of halogens is 1. The molecule has 102 valence electrons. The van der Waals surface area contributed by atoms with Crippen molar-refractivity contribution in [3.8, 4) is 0 Å². The molecule has 0 saturated heterocycles. The molecule has 1 rings (SSSR count). The zero-order valence-corrected chi connectivity index (χ0v) is 14.2. The van der Waals surface area contributed by atoms with Gasteiger partial charge in [-0.2, -0.15) is 0 Å². The van der Waals surface area contributed by atoms with Crippen LogP contribution in [0.3, 0.4) is 0 Å². The normalized spacial score (nSPS) is 12.9. The van der Waals surface area contributed by atoms with Crippen LogP contribution in [0.1, 0.15) is 44.7 Å². The maximum Gasteiger partial charge on any atom is 0.329 e. The van der Waals surface area contributed by atoms with Crippen molar-refractivity contribution in [2.45, 2.75) is 39.2 Å². The third kappa shape index (κ3) is 4.84. The minimum absolute atomic E-state index is 0.437. The van der Waals surface area contributed by atoms with Gasteiger partial charge in [0.15, 0.2) is 0 Å². The number of hydrogen-bond donors (Lipinski definition) is 0. The Kier molecular flexibility index (Phi) is 7.82. The first-order valence-electron chi connectivity index (χ1n) is 6.71. The zero-order valence-electron chi connectivity index (χ0n) is 11.5. The predicted octanol–water partition coefficient (Wildman–Crippen LogP) is 4.17. The fourth-order valence-corrected chi connectivity index (χ4v) is 4.88. The second-order valence-corrected chi connectivity index (χ2v) is 7.35. The summed E-state index contributed by atoms with van der Waals surface area (Å²) in [6.07, 6.45) is 2.29. The Morgan fingerprint density at radius 3 is 2.33 bits per heavy atom. The second-order valence-electron chi connectivity index (χ2n) is 4.23. The van der Waals surface area contributed by atoms with Gasteiger partial charge in [0.05, 0.1) is 0 Å². The third-order valence-corrected chi connectivity index (χ3v) is 6.06. The molecular weight excluding hydrogens is 308 g/mol. The number of rotatable bonds is 8. The summed E-state index contributed by atoms with van der Waals surface area (Å²) in [4.78, 5) is 0. The van der Waals surface area contributed by atoms with Gasteiger partial charge < -0.3 is 8.85 Å². The summed E-state index contributed by atoms with van der Waals surface area (Å²) in [7, 11) is -1.63. The van der Waals surface area contributed by atoms with E-state index in [1.807, 2.05) is 13.8 Å². The van der Waals surface area contributed by atoms with Crippen LogP contribution in [-0.2, 0) is 8.85 Å². The summed E-state index contributed by atoms with van der Waals surface area (Å²) in [6.45, 7) is 7.79. The monoisotopic (exact) mass is 330 g/mol. The van der Waals surface area contributed by atoms with E-state index in [9.17, 15) is 0 Å². The predicted molar refractivity (Wildman–Crippen MR) is 82.2 cm³/mol. The minimum atomic E-state index is -1.63. The Bertz CT molecular complexity index is 340. The molecule has 0 amide bonds. The lowest BCUT2D eigenvalue weighted by atomic mass is 10.1. The number of hydrogen-bond acceptors (Lipinski definition) is 2. The van der Waals surface area contributed by atoms with Crippen molar-refractivity contribution >= 4 is 25.2 Å². The molecule has 18 heavy (non-hydrogen) atoms. The van der Waals surface area contributed by atoms with Crippen LogP contribution in [0.25, 0.3) is 0 Å². The molecule has 1 aromatic rings. The van der Waals surface area contributed by atoms with Gasteiger partial charge in [0.25, 0.3) is 0 Å². The van der Waals surface area contributed by atoms with Crippen molar-refractivity contribution in [3.05, 3.63) is 34.3 Å². The molecule has 0 aromatic heterocycles. The van der Waals surface area contributed by atoms with Crippen LogP contribution in [-0.4, -0.2) is 22.5 Å². The summed E-state index contributed by atoms with van der Waals surface area (Å²) in [5.74, 6) is 0. The molecule has 0 heterocycles.